The highest BCUT2D eigenvalue weighted by atomic mass is 32.1. The Morgan fingerprint density at radius 3 is 3.00 bits per heavy atom. The Morgan fingerprint density at radius 2 is 2.27 bits per heavy atom. The second-order valence-corrected chi connectivity index (χ2v) is 3.27. The van der Waals surface area contributed by atoms with Crippen LogP contribution in [-0.4, -0.2) is 19.5 Å². The zero-order chi connectivity index (χ0) is 10.8. The second-order valence-electron chi connectivity index (χ2n) is 2.89. The van der Waals surface area contributed by atoms with Crippen LogP contribution in [0.15, 0.2) is 29.8 Å². The minimum absolute atomic E-state index is 0.248. The molecule has 0 saturated carbocycles. The predicted molar refractivity (Wildman–Crippen MR) is 59.2 cm³/mol. The van der Waals surface area contributed by atoms with Crippen molar-refractivity contribution in [3.05, 3.63) is 40.2 Å². The Morgan fingerprint density at radius 1 is 1.53 bits per heavy atom. The Balaban J connectivity index is 2.90. The van der Waals surface area contributed by atoms with Gasteiger partial charge >= 0.3 is 0 Å². The molecule has 2 rings (SSSR count). The quantitative estimate of drug-likeness (QED) is 0.606. The van der Waals surface area contributed by atoms with Crippen molar-refractivity contribution in [2.45, 2.75) is 6.54 Å². The molecule has 1 N–H and O–H groups in total. The molecule has 0 atom stereocenters. The maximum Gasteiger partial charge on any atom is 0.282 e. The van der Waals surface area contributed by atoms with Gasteiger partial charge in [-0.2, -0.15) is 0 Å². The molecular weight excluding hydrogens is 212 g/mol. The van der Waals surface area contributed by atoms with E-state index in [2.05, 4.69) is 21.5 Å². The molecule has 0 aromatic carbocycles. The lowest BCUT2D eigenvalue weighted by Crippen LogP contribution is -2.22. The van der Waals surface area contributed by atoms with Crippen LogP contribution in [0.4, 0.5) is 0 Å². The molecule has 15 heavy (non-hydrogen) atoms. The van der Waals surface area contributed by atoms with E-state index < -0.39 is 0 Å². The summed E-state index contributed by atoms with van der Waals surface area (Å²) in [4.78, 5) is 22.6. The van der Waals surface area contributed by atoms with E-state index in [-0.39, 0.29) is 11.1 Å². The number of nitrogens with one attached hydrogen (secondary N) is 1. The van der Waals surface area contributed by atoms with Crippen LogP contribution in [-0.2, 0) is 6.54 Å². The summed E-state index contributed by atoms with van der Waals surface area (Å²) in [5.41, 5.74) is 0.447. The Hall–Kier alpha value is -1.82. The second kappa shape index (κ2) is 3.74. The van der Waals surface area contributed by atoms with Crippen LogP contribution in [0.5, 0.6) is 0 Å². The fourth-order valence-corrected chi connectivity index (χ4v) is 1.52. The van der Waals surface area contributed by atoms with Gasteiger partial charge in [0, 0.05) is 18.9 Å². The summed E-state index contributed by atoms with van der Waals surface area (Å²) in [6.45, 7) is 3.92. The van der Waals surface area contributed by atoms with E-state index in [4.69, 9.17) is 12.2 Å². The Labute approximate surface area is 90.1 Å². The number of nitrogens with zero attached hydrogens (tertiary/aromatic N) is 3. The molecule has 0 saturated heterocycles. The van der Waals surface area contributed by atoms with Crippen molar-refractivity contribution in [1.82, 2.24) is 19.5 Å². The van der Waals surface area contributed by atoms with Gasteiger partial charge in [-0.15, -0.1) is 6.58 Å². The Bertz CT molecular complexity index is 628. The molecule has 2 aromatic heterocycles. The maximum atomic E-state index is 11.9. The summed E-state index contributed by atoms with van der Waals surface area (Å²) in [6, 6.07) is 0. The fourth-order valence-electron chi connectivity index (χ4n) is 1.27. The maximum absolute atomic E-state index is 11.9. The third kappa shape index (κ3) is 1.59. The minimum atomic E-state index is -0.248. The lowest BCUT2D eigenvalue weighted by Gasteiger charge is -2.03. The van der Waals surface area contributed by atoms with Gasteiger partial charge in [-0.1, -0.05) is 6.08 Å². The van der Waals surface area contributed by atoms with E-state index >= 15 is 0 Å². The average Bonchev–Trinajstić information content (AvgIpc) is 2.24. The van der Waals surface area contributed by atoms with Crippen molar-refractivity contribution in [2.24, 2.45) is 0 Å². The van der Waals surface area contributed by atoms with Gasteiger partial charge in [-0.05, 0) is 12.2 Å². The van der Waals surface area contributed by atoms with E-state index in [0.717, 1.165) is 0 Å². The molecule has 2 aromatic rings. The molecule has 76 valence electrons. The van der Waals surface area contributed by atoms with Crippen LogP contribution >= 0.6 is 12.2 Å². The summed E-state index contributed by atoms with van der Waals surface area (Å²) in [5, 5.41) is 0. The van der Waals surface area contributed by atoms with Gasteiger partial charge < -0.3 is 4.98 Å². The molecule has 0 radical (unpaired) electrons. The van der Waals surface area contributed by atoms with Gasteiger partial charge in [0.1, 0.15) is 0 Å². The van der Waals surface area contributed by atoms with Crippen molar-refractivity contribution in [3.8, 4) is 0 Å². The highest BCUT2D eigenvalue weighted by molar-refractivity contribution is 7.71. The van der Waals surface area contributed by atoms with Crippen molar-refractivity contribution >= 4 is 23.4 Å². The highest BCUT2D eigenvalue weighted by Crippen LogP contribution is 1.98. The van der Waals surface area contributed by atoms with E-state index in [9.17, 15) is 4.79 Å². The molecule has 0 bridgehead atoms. The number of hydrogen-bond donors (Lipinski definition) is 1. The molecule has 0 amide bonds. The molecule has 0 spiro atoms. The molecule has 0 unspecified atom stereocenters. The lowest BCUT2D eigenvalue weighted by molar-refractivity contribution is 0.748. The van der Waals surface area contributed by atoms with Gasteiger partial charge in [0.25, 0.3) is 5.56 Å². The third-order valence-corrected chi connectivity index (χ3v) is 2.25. The average molecular weight is 220 g/mol. The third-order valence-electron chi connectivity index (χ3n) is 1.93. The first-order valence-electron chi connectivity index (χ1n) is 4.29. The first kappa shape index (κ1) is 9.72. The van der Waals surface area contributed by atoms with Gasteiger partial charge in [0.15, 0.2) is 15.9 Å². The monoisotopic (exact) mass is 220 g/mol. The smallest absolute Gasteiger partial charge is 0.282 e. The van der Waals surface area contributed by atoms with Gasteiger partial charge in [0.2, 0.25) is 0 Å². The summed E-state index contributed by atoms with van der Waals surface area (Å²) < 4.78 is 1.72. The first-order chi connectivity index (χ1) is 7.24. The number of H-pyrrole nitrogens is 1. The van der Waals surface area contributed by atoms with E-state index in [1.54, 1.807) is 6.08 Å². The summed E-state index contributed by atoms with van der Waals surface area (Å²) in [6.07, 6.45) is 4.58. The van der Waals surface area contributed by atoms with Crippen molar-refractivity contribution in [2.75, 3.05) is 0 Å². The molecule has 5 nitrogen and oxygen atoms in total. The summed E-state index contributed by atoms with van der Waals surface area (Å²) in [5.74, 6) is 0. The van der Waals surface area contributed by atoms with Crippen molar-refractivity contribution in [1.29, 1.82) is 0 Å². The van der Waals surface area contributed by atoms with Crippen molar-refractivity contribution < 1.29 is 0 Å². The zero-order valence-corrected chi connectivity index (χ0v) is 8.62. The van der Waals surface area contributed by atoms with Gasteiger partial charge in [-0.3, -0.25) is 9.36 Å². The number of aromatic nitrogens is 4. The number of hydrogen-bond acceptors (Lipinski definition) is 4. The standard InChI is InChI=1S/C9H8N4OS/c1-2-5-13-8(14)6-7(12-9(13)15)11-4-3-10-6/h2-4H,1,5H2,(H,11,12,15). The zero-order valence-electron chi connectivity index (χ0n) is 7.80. The molecule has 2 heterocycles. The first-order valence-corrected chi connectivity index (χ1v) is 4.69. The normalized spacial score (nSPS) is 10.4. The van der Waals surface area contributed by atoms with Crippen LogP contribution in [0.1, 0.15) is 0 Å². The number of aromatic amines is 1. The Kier molecular flexibility index (Phi) is 2.42. The van der Waals surface area contributed by atoms with E-state index in [1.807, 2.05) is 0 Å². The SMILES string of the molecule is C=CCn1c(=S)[nH]c2nccnc2c1=O. The molecule has 0 aliphatic rings. The molecule has 0 aliphatic heterocycles. The van der Waals surface area contributed by atoms with E-state index in [1.165, 1.54) is 17.0 Å². The number of allylic oxidation sites excluding steroid dienone is 1. The number of fused-ring (bicyclic) bond motifs is 1. The van der Waals surface area contributed by atoms with E-state index in [0.29, 0.717) is 17.0 Å². The summed E-state index contributed by atoms with van der Waals surface area (Å²) >= 11 is 5.02. The highest BCUT2D eigenvalue weighted by Gasteiger charge is 2.05. The predicted octanol–water partition coefficient (Wildman–Crippen LogP) is 1.04. The van der Waals surface area contributed by atoms with Crippen LogP contribution in [0, 0.1) is 4.77 Å². The largest absolute Gasteiger partial charge is 0.315 e. The minimum Gasteiger partial charge on any atom is -0.315 e. The molecule has 6 heteroatoms. The van der Waals surface area contributed by atoms with Gasteiger partial charge in [0.05, 0.1) is 0 Å². The number of rotatable bonds is 2. The molecular formula is C9H8N4OS. The van der Waals surface area contributed by atoms with Crippen molar-refractivity contribution in [3.63, 3.8) is 0 Å². The lowest BCUT2D eigenvalue weighted by atomic mass is 10.5. The topological polar surface area (TPSA) is 63.6 Å². The molecule has 0 aliphatic carbocycles. The van der Waals surface area contributed by atoms with Crippen LogP contribution in [0.2, 0.25) is 0 Å². The summed E-state index contributed by atoms with van der Waals surface area (Å²) in [7, 11) is 0. The van der Waals surface area contributed by atoms with Crippen LogP contribution < -0.4 is 5.56 Å². The van der Waals surface area contributed by atoms with Gasteiger partial charge in [-0.25, -0.2) is 9.97 Å². The van der Waals surface area contributed by atoms with Crippen LogP contribution in [0.3, 0.4) is 0 Å². The van der Waals surface area contributed by atoms with Crippen LogP contribution in [0.25, 0.3) is 11.2 Å². The fraction of sp³-hybridized carbons (Fsp3) is 0.111. The molecule has 0 fully saturated rings.